The highest BCUT2D eigenvalue weighted by molar-refractivity contribution is 9.11. The van der Waals surface area contributed by atoms with Crippen molar-refractivity contribution in [2.75, 3.05) is 0 Å². The molecule has 0 aliphatic heterocycles. The van der Waals surface area contributed by atoms with Crippen LogP contribution >= 0.6 is 31.9 Å². The molecular formula is C32H20Br2. The molecule has 0 aromatic heterocycles. The van der Waals surface area contributed by atoms with Crippen LogP contribution in [0, 0.1) is 0 Å². The minimum atomic E-state index is 1.03. The second-order valence-corrected chi connectivity index (χ2v) is 10.1. The summed E-state index contributed by atoms with van der Waals surface area (Å²) in [5, 5.41) is 9.75. The van der Waals surface area contributed by atoms with Crippen molar-refractivity contribution in [1.82, 2.24) is 0 Å². The number of hydrogen-bond donors (Lipinski definition) is 0. The Bertz CT molecular complexity index is 1750. The Morgan fingerprint density at radius 3 is 1.56 bits per heavy atom. The minimum Gasteiger partial charge on any atom is -0.0984 e. The van der Waals surface area contributed by atoms with E-state index in [-0.39, 0.29) is 0 Å². The van der Waals surface area contributed by atoms with Crippen LogP contribution in [0.1, 0.15) is 11.1 Å². The molecule has 0 nitrogen and oxygen atoms in total. The molecule has 0 saturated carbocycles. The first-order chi connectivity index (χ1) is 16.6. The molecule has 0 amide bonds. The van der Waals surface area contributed by atoms with E-state index < -0.39 is 0 Å². The molecule has 6 aromatic rings. The minimum absolute atomic E-state index is 1.03. The Morgan fingerprint density at radius 2 is 1.00 bits per heavy atom. The summed E-state index contributed by atoms with van der Waals surface area (Å²) in [6, 6.07) is 30.6. The molecule has 0 fully saturated rings. The predicted molar refractivity (Wildman–Crippen MR) is 157 cm³/mol. The number of halogens is 2. The van der Waals surface area contributed by atoms with Gasteiger partial charge in [0.15, 0.2) is 0 Å². The van der Waals surface area contributed by atoms with Gasteiger partial charge in [-0.25, -0.2) is 0 Å². The smallest absolute Gasteiger partial charge is 0.0332 e. The molecule has 6 aromatic carbocycles. The van der Waals surface area contributed by atoms with Gasteiger partial charge >= 0.3 is 0 Å². The van der Waals surface area contributed by atoms with Gasteiger partial charge in [-0.2, -0.15) is 0 Å². The quantitative estimate of drug-likeness (QED) is 0.148. The largest absolute Gasteiger partial charge is 0.0984 e. The lowest BCUT2D eigenvalue weighted by Crippen LogP contribution is -1.93. The van der Waals surface area contributed by atoms with E-state index in [0.717, 1.165) is 20.1 Å². The maximum absolute atomic E-state index is 4.15. The summed E-state index contributed by atoms with van der Waals surface area (Å²) in [5.41, 5.74) is 4.64. The van der Waals surface area contributed by atoms with Gasteiger partial charge in [-0.3, -0.25) is 0 Å². The third kappa shape index (κ3) is 3.02. The van der Waals surface area contributed by atoms with E-state index in [1.54, 1.807) is 0 Å². The van der Waals surface area contributed by atoms with Gasteiger partial charge in [-0.05, 0) is 93.4 Å². The molecule has 0 aliphatic carbocycles. The summed E-state index contributed by atoms with van der Waals surface area (Å²) in [6.45, 7) is 8.21. The van der Waals surface area contributed by atoms with Crippen LogP contribution in [0.2, 0.25) is 0 Å². The van der Waals surface area contributed by atoms with E-state index in [1.807, 2.05) is 12.2 Å². The highest BCUT2D eigenvalue weighted by Crippen LogP contribution is 2.46. The second-order valence-electron chi connectivity index (χ2n) is 8.44. The summed E-state index contributed by atoms with van der Waals surface area (Å²) in [6.07, 6.45) is 3.85. The van der Waals surface area contributed by atoms with E-state index >= 15 is 0 Å². The van der Waals surface area contributed by atoms with E-state index in [4.69, 9.17) is 0 Å². The number of hydrogen-bond acceptors (Lipinski definition) is 0. The summed E-state index contributed by atoms with van der Waals surface area (Å²) >= 11 is 7.67. The molecule has 162 valence electrons. The average molecular weight is 564 g/mol. The van der Waals surface area contributed by atoms with Gasteiger partial charge in [0.1, 0.15) is 0 Å². The first kappa shape index (κ1) is 21.3. The van der Waals surface area contributed by atoms with Crippen molar-refractivity contribution in [2.24, 2.45) is 0 Å². The molecule has 0 radical (unpaired) electrons. The summed E-state index contributed by atoms with van der Waals surface area (Å²) in [7, 11) is 0. The van der Waals surface area contributed by atoms with Gasteiger partial charge in [0.2, 0.25) is 0 Å². The molecule has 0 aliphatic rings. The van der Waals surface area contributed by atoms with Crippen LogP contribution in [0.3, 0.4) is 0 Å². The summed E-state index contributed by atoms with van der Waals surface area (Å²) in [5.74, 6) is 0. The van der Waals surface area contributed by atoms with Crippen molar-refractivity contribution in [3.63, 3.8) is 0 Å². The Balaban J connectivity index is 1.91. The first-order valence-electron chi connectivity index (χ1n) is 11.2. The fourth-order valence-electron chi connectivity index (χ4n) is 5.25. The van der Waals surface area contributed by atoms with E-state index in [9.17, 15) is 0 Å². The molecule has 6 rings (SSSR count). The van der Waals surface area contributed by atoms with Crippen LogP contribution in [0.5, 0.6) is 0 Å². The van der Waals surface area contributed by atoms with Crippen molar-refractivity contribution < 1.29 is 0 Å². The fraction of sp³-hybridized carbons (Fsp3) is 0. The van der Waals surface area contributed by atoms with E-state index in [1.165, 1.54) is 54.2 Å². The molecule has 0 bridgehead atoms. The Morgan fingerprint density at radius 1 is 0.500 bits per heavy atom. The van der Waals surface area contributed by atoms with Crippen molar-refractivity contribution in [2.45, 2.75) is 0 Å². The van der Waals surface area contributed by atoms with Crippen LogP contribution in [-0.2, 0) is 0 Å². The first-order valence-corrected chi connectivity index (χ1v) is 12.7. The Hall–Kier alpha value is -3.20. The normalized spacial score (nSPS) is 11.5. The fourth-order valence-corrected chi connectivity index (χ4v) is 6.55. The van der Waals surface area contributed by atoms with Gasteiger partial charge in [-0.15, -0.1) is 0 Å². The van der Waals surface area contributed by atoms with Crippen LogP contribution < -0.4 is 0 Å². The van der Waals surface area contributed by atoms with E-state index in [2.05, 4.69) is 130 Å². The maximum Gasteiger partial charge on any atom is 0.0332 e. The number of benzene rings is 6. The second kappa shape index (κ2) is 8.23. The van der Waals surface area contributed by atoms with Crippen molar-refractivity contribution in [3.05, 3.63) is 118 Å². The van der Waals surface area contributed by atoms with Crippen LogP contribution in [0.4, 0.5) is 0 Å². The standard InChI is InChI=1S/C32H20Br2/c1-3-19-20(4-2)30(33)18-28-21-11-5-6-12-22(21)29(17-27(19)28)31-23-13-7-9-15-25(23)32(34)26-16-10-8-14-24(26)31/h3-18H,1-2H2. The molecule has 34 heavy (non-hydrogen) atoms. The van der Waals surface area contributed by atoms with Gasteiger partial charge < -0.3 is 0 Å². The summed E-state index contributed by atoms with van der Waals surface area (Å²) in [4.78, 5) is 0. The lowest BCUT2D eigenvalue weighted by molar-refractivity contribution is 1.63. The van der Waals surface area contributed by atoms with Crippen LogP contribution in [0.25, 0.3) is 66.4 Å². The molecule has 0 saturated heterocycles. The molecule has 0 spiro atoms. The third-order valence-corrected chi connectivity index (χ3v) is 8.25. The molecule has 0 N–H and O–H groups in total. The zero-order valence-electron chi connectivity index (χ0n) is 18.4. The lowest BCUT2D eigenvalue weighted by atomic mass is 9.86. The number of rotatable bonds is 3. The molecule has 2 heteroatoms. The monoisotopic (exact) mass is 562 g/mol. The molecule has 0 heterocycles. The average Bonchev–Trinajstić information content (AvgIpc) is 2.88. The van der Waals surface area contributed by atoms with Crippen molar-refractivity contribution in [1.29, 1.82) is 0 Å². The topological polar surface area (TPSA) is 0 Å². The third-order valence-electron chi connectivity index (χ3n) is 6.74. The Labute approximate surface area is 215 Å². The SMILES string of the molecule is C=Cc1c(Br)cc2c(cc(-c3c4ccccc4c(Br)c4ccccc34)c3ccccc32)c1C=C. The van der Waals surface area contributed by atoms with Gasteiger partial charge in [-0.1, -0.05) is 114 Å². The van der Waals surface area contributed by atoms with Crippen molar-refractivity contribution >= 4 is 87.1 Å². The summed E-state index contributed by atoms with van der Waals surface area (Å²) < 4.78 is 2.17. The maximum atomic E-state index is 4.15. The molecular weight excluding hydrogens is 544 g/mol. The van der Waals surface area contributed by atoms with Crippen LogP contribution in [-0.4, -0.2) is 0 Å². The van der Waals surface area contributed by atoms with Gasteiger partial charge in [0, 0.05) is 8.95 Å². The highest BCUT2D eigenvalue weighted by atomic mass is 79.9. The van der Waals surface area contributed by atoms with E-state index in [0.29, 0.717) is 0 Å². The molecule has 0 unspecified atom stereocenters. The number of fused-ring (bicyclic) bond motifs is 5. The molecule has 0 atom stereocenters. The Kier molecular flexibility index (Phi) is 5.17. The van der Waals surface area contributed by atoms with Gasteiger partial charge in [0.25, 0.3) is 0 Å². The highest BCUT2D eigenvalue weighted by Gasteiger charge is 2.18. The zero-order chi connectivity index (χ0) is 23.4. The van der Waals surface area contributed by atoms with Crippen LogP contribution in [0.15, 0.2) is 107 Å². The predicted octanol–water partition coefficient (Wildman–Crippen LogP) is 10.8. The zero-order valence-corrected chi connectivity index (χ0v) is 21.6. The lowest BCUT2D eigenvalue weighted by Gasteiger charge is -2.19. The van der Waals surface area contributed by atoms with Gasteiger partial charge in [0.05, 0.1) is 0 Å². The van der Waals surface area contributed by atoms with Crippen molar-refractivity contribution in [3.8, 4) is 11.1 Å².